The van der Waals surface area contributed by atoms with Crippen molar-refractivity contribution in [3.8, 4) is 0 Å². The van der Waals surface area contributed by atoms with Crippen LogP contribution in [0.25, 0.3) is 0 Å². The molecule has 0 aliphatic heterocycles. The molecule has 0 saturated heterocycles. The van der Waals surface area contributed by atoms with Gasteiger partial charge in [0.25, 0.3) is 0 Å². The fourth-order valence-electron chi connectivity index (χ4n) is 2.07. The van der Waals surface area contributed by atoms with E-state index in [0.717, 1.165) is 26.0 Å². The van der Waals surface area contributed by atoms with Crippen LogP contribution in [0.3, 0.4) is 0 Å². The van der Waals surface area contributed by atoms with Gasteiger partial charge in [0.2, 0.25) is 0 Å². The molecule has 0 amide bonds. The highest BCUT2D eigenvalue weighted by molar-refractivity contribution is 4.87. The number of rotatable bonds is 8. The van der Waals surface area contributed by atoms with E-state index in [9.17, 15) is 0 Å². The zero-order valence-electron chi connectivity index (χ0n) is 11.7. The van der Waals surface area contributed by atoms with Gasteiger partial charge in [-0.1, -0.05) is 33.8 Å². The SMILES string of the molecule is C=CCCC(NCC)C(OCC)C(C)(C)C. The molecule has 0 rings (SSSR count). The molecule has 0 aromatic carbocycles. The zero-order chi connectivity index (χ0) is 12.6. The van der Waals surface area contributed by atoms with Gasteiger partial charge in [-0.2, -0.15) is 0 Å². The van der Waals surface area contributed by atoms with Crippen LogP contribution in [-0.4, -0.2) is 25.3 Å². The summed E-state index contributed by atoms with van der Waals surface area (Å²) in [6.07, 6.45) is 4.38. The molecule has 0 spiro atoms. The Morgan fingerprint density at radius 1 is 1.31 bits per heavy atom. The Morgan fingerprint density at radius 3 is 2.31 bits per heavy atom. The third-order valence-corrected chi connectivity index (χ3v) is 2.71. The molecule has 16 heavy (non-hydrogen) atoms. The highest BCUT2D eigenvalue weighted by Crippen LogP contribution is 2.27. The highest BCUT2D eigenvalue weighted by atomic mass is 16.5. The average molecular weight is 227 g/mol. The fourth-order valence-corrected chi connectivity index (χ4v) is 2.07. The summed E-state index contributed by atoms with van der Waals surface area (Å²) < 4.78 is 5.92. The molecule has 0 saturated carbocycles. The molecule has 0 fully saturated rings. The van der Waals surface area contributed by atoms with Crippen LogP contribution in [-0.2, 0) is 4.74 Å². The van der Waals surface area contributed by atoms with Crippen molar-refractivity contribution < 1.29 is 4.74 Å². The van der Waals surface area contributed by atoms with Gasteiger partial charge in [-0.15, -0.1) is 6.58 Å². The highest BCUT2D eigenvalue weighted by Gasteiger charge is 2.31. The molecule has 1 N–H and O–H groups in total. The lowest BCUT2D eigenvalue weighted by Gasteiger charge is -2.37. The van der Waals surface area contributed by atoms with Gasteiger partial charge in [-0.25, -0.2) is 0 Å². The van der Waals surface area contributed by atoms with Crippen molar-refractivity contribution in [3.63, 3.8) is 0 Å². The van der Waals surface area contributed by atoms with E-state index < -0.39 is 0 Å². The Hall–Kier alpha value is -0.340. The number of nitrogens with one attached hydrogen (secondary N) is 1. The fraction of sp³-hybridized carbons (Fsp3) is 0.857. The van der Waals surface area contributed by atoms with Gasteiger partial charge in [-0.3, -0.25) is 0 Å². The molecule has 2 nitrogen and oxygen atoms in total. The Balaban J connectivity index is 4.57. The molecular weight excluding hydrogens is 198 g/mol. The monoisotopic (exact) mass is 227 g/mol. The zero-order valence-corrected chi connectivity index (χ0v) is 11.7. The molecule has 0 heterocycles. The summed E-state index contributed by atoms with van der Waals surface area (Å²) in [6, 6.07) is 0.419. The molecule has 0 aromatic heterocycles. The maximum absolute atomic E-state index is 5.92. The lowest BCUT2D eigenvalue weighted by molar-refractivity contribution is -0.0368. The van der Waals surface area contributed by atoms with Gasteiger partial charge < -0.3 is 10.1 Å². The first kappa shape index (κ1) is 15.7. The molecular formula is C14H29NO. The summed E-state index contributed by atoms with van der Waals surface area (Å²) in [6.45, 7) is 16.5. The van der Waals surface area contributed by atoms with E-state index in [-0.39, 0.29) is 11.5 Å². The van der Waals surface area contributed by atoms with Crippen LogP contribution in [0.2, 0.25) is 0 Å². The second-order valence-corrected chi connectivity index (χ2v) is 5.27. The van der Waals surface area contributed by atoms with Gasteiger partial charge in [0, 0.05) is 12.6 Å². The van der Waals surface area contributed by atoms with Crippen molar-refractivity contribution in [2.45, 2.75) is 59.6 Å². The van der Waals surface area contributed by atoms with E-state index in [1.165, 1.54) is 0 Å². The van der Waals surface area contributed by atoms with Crippen molar-refractivity contribution in [1.29, 1.82) is 0 Å². The van der Waals surface area contributed by atoms with Crippen molar-refractivity contribution in [2.24, 2.45) is 5.41 Å². The first-order valence-corrected chi connectivity index (χ1v) is 6.43. The van der Waals surface area contributed by atoms with E-state index >= 15 is 0 Å². The van der Waals surface area contributed by atoms with Crippen LogP contribution in [0.1, 0.15) is 47.5 Å². The molecule has 0 radical (unpaired) electrons. The Kier molecular flexibility index (Phi) is 7.69. The van der Waals surface area contributed by atoms with Crippen LogP contribution in [0.15, 0.2) is 12.7 Å². The van der Waals surface area contributed by atoms with Crippen molar-refractivity contribution in [3.05, 3.63) is 12.7 Å². The lowest BCUT2D eigenvalue weighted by Crippen LogP contribution is -2.48. The van der Waals surface area contributed by atoms with E-state index in [1.807, 2.05) is 6.08 Å². The van der Waals surface area contributed by atoms with Crippen molar-refractivity contribution in [1.82, 2.24) is 5.32 Å². The maximum atomic E-state index is 5.92. The molecule has 0 aliphatic rings. The molecule has 0 aliphatic carbocycles. The maximum Gasteiger partial charge on any atom is 0.0776 e. The van der Waals surface area contributed by atoms with Crippen LogP contribution < -0.4 is 5.32 Å². The minimum Gasteiger partial charge on any atom is -0.376 e. The van der Waals surface area contributed by atoms with Crippen molar-refractivity contribution in [2.75, 3.05) is 13.2 Å². The average Bonchev–Trinajstić information content (AvgIpc) is 2.19. The quantitative estimate of drug-likeness (QED) is 0.642. The summed E-state index contributed by atoms with van der Waals surface area (Å²) in [5, 5.41) is 3.54. The Morgan fingerprint density at radius 2 is 1.94 bits per heavy atom. The normalized spacial score (nSPS) is 15.8. The Labute approximate surface area is 101 Å². The third-order valence-electron chi connectivity index (χ3n) is 2.71. The molecule has 96 valence electrons. The summed E-state index contributed by atoms with van der Waals surface area (Å²) in [7, 11) is 0. The van der Waals surface area contributed by atoms with Gasteiger partial charge in [0.05, 0.1) is 6.10 Å². The van der Waals surface area contributed by atoms with Gasteiger partial charge >= 0.3 is 0 Å². The summed E-state index contributed by atoms with van der Waals surface area (Å²) >= 11 is 0. The van der Waals surface area contributed by atoms with E-state index in [4.69, 9.17) is 4.74 Å². The molecule has 0 aromatic rings. The number of allylic oxidation sites excluding steroid dienone is 1. The van der Waals surface area contributed by atoms with Crippen LogP contribution in [0.5, 0.6) is 0 Å². The second kappa shape index (κ2) is 7.86. The van der Waals surface area contributed by atoms with Crippen LogP contribution in [0.4, 0.5) is 0 Å². The van der Waals surface area contributed by atoms with Gasteiger partial charge in [0.15, 0.2) is 0 Å². The van der Waals surface area contributed by atoms with E-state index in [0.29, 0.717) is 6.04 Å². The minimum absolute atomic E-state index is 0.171. The number of hydrogen-bond acceptors (Lipinski definition) is 2. The number of hydrogen-bond donors (Lipinski definition) is 1. The predicted molar refractivity (Wildman–Crippen MR) is 71.8 cm³/mol. The van der Waals surface area contributed by atoms with Crippen molar-refractivity contribution >= 4 is 0 Å². The lowest BCUT2D eigenvalue weighted by atomic mass is 9.83. The number of ether oxygens (including phenoxy) is 1. The minimum atomic E-state index is 0.171. The van der Waals surface area contributed by atoms with E-state index in [2.05, 4.69) is 46.5 Å². The Bertz CT molecular complexity index is 184. The molecule has 0 bridgehead atoms. The second-order valence-electron chi connectivity index (χ2n) is 5.27. The van der Waals surface area contributed by atoms with Crippen LogP contribution in [0, 0.1) is 5.41 Å². The standard InChI is InChI=1S/C14H29NO/c1-7-10-11-12(15-8-2)13(16-9-3)14(4,5)6/h7,12-13,15H,1,8-11H2,2-6H3. The smallest absolute Gasteiger partial charge is 0.0776 e. The van der Waals surface area contributed by atoms with Gasteiger partial charge in [0.1, 0.15) is 0 Å². The van der Waals surface area contributed by atoms with Crippen LogP contribution >= 0.6 is 0 Å². The number of likely N-dealkylation sites (N-methyl/N-ethyl adjacent to an activating group) is 1. The predicted octanol–water partition coefficient (Wildman–Crippen LogP) is 3.38. The largest absolute Gasteiger partial charge is 0.376 e. The first-order chi connectivity index (χ1) is 7.47. The van der Waals surface area contributed by atoms with Gasteiger partial charge in [-0.05, 0) is 31.7 Å². The summed E-state index contributed by atoms with van der Waals surface area (Å²) in [4.78, 5) is 0. The third kappa shape index (κ3) is 5.66. The van der Waals surface area contributed by atoms with E-state index in [1.54, 1.807) is 0 Å². The molecule has 2 unspecified atom stereocenters. The summed E-state index contributed by atoms with van der Waals surface area (Å²) in [5.41, 5.74) is 0.171. The topological polar surface area (TPSA) is 21.3 Å². The molecule has 2 heteroatoms. The first-order valence-electron chi connectivity index (χ1n) is 6.43. The summed E-state index contributed by atoms with van der Waals surface area (Å²) in [5.74, 6) is 0. The molecule has 2 atom stereocenters.